The number of ether oxygens (including phenoxy) is 2. The Morgan fingerprint density at radius 2 is 1.52 bits per heavy atom. The zero-order chi connectivity index (χ0) is 28.4. The molecule has 3 atom stereocenters. The summed E-state index contributed by atoms with van der Waals surface area (Å²) in [6.45, 7) is 6.97. The van der Waals surface area contributed by atoms with Crippen molar-refractivity contribution in [3.63, 3.8) is 0 Å². The summed E-state index contributed by atoms with van der Waals surface area (Å²) in [5.41, 5.74) is 0.270. The van der Waals surface area contributed by atoms with E-state index in [1.54, 1.807) is 64.4 Å². The van der Waals surface area contributed by atoms with Gasteiger partial charge in [-0.1, -0.05) is 23.7 Å². The standard InChI is InChI=1S/C30H31ClF3N3O3/c1-20-17-35(18-21(2)39-20)14-15-36-19-28(22-4-3-5-23(16-22)30(32,33)34)37(29(36)38)25-8-12-27(13-9-25)40-26-10-6-24(31)7-11-26/h3-13,16,20-21,28H,14-15,17-19H2,1-2H3. The fourth-order valence-corrected chi connectivity index (χ4v) is 5.48. The van der Waals surface area contributed by atoms with Gasteiger partial charge in [0.1, 0.15) is 11.5 Å². The SMILES string of the molecule is CC1CN(CCN2CC(c3cccc(C(F)(F)F)c3)N(c3ccc(Oc4ccc(Cl)cc4)cc3)C2=O)CC(C)O1. The van der Waals surface area contributed by atoms with Crippen molar-refractivity contribution in [2.24, 2.45) is 0 Å². The molecule has 0 bridgehead atoms. The number of morpholine rings is 1. The number of urea groups is 1. The summed E-state index contributed by atoms with van der Waals surface area (Å²) in [5.74, 6) is 1.16. The zero-order valence-corrected chi connectivity index (χ0v) is 23.0. The lowest BCUT2D eigenvalue weighted by molar-refractivity contribution is -0.137. The second-order valence-corrected chi connectivity index (χ2v) is 10.7. The third-order valence-corrected chi connectivity index (χ3v) is 7.38. The van der Waals surface area contributed by atoms with E-state index in [0.29, 0.717) is 40.9 Å². The van der Waals surface area contributed by atoms with Gasteiger partial charge in [-0.05, 0) is 80.1 Å². The third kappa shape index (κ3) is 6.54. The molecule has 2 saturated heterocycles. The number of alkyl halides is 3. The van der Waals surface area contributed by atoms with E-state index < -0.39 is 17.8 Å². The van der Waals surface area contributed by atoms with Crippen LogP contribution in [0.3, 0.4) is 0 Å². The minimum atomic E-state index is -4.48. The van der Waals surface area contributed by atoms with E-state index in [4.69, 9.17) is 21.1 Å². The van der Waals surface area contributed by atoms with E-state index in [1.807, 2.05) is 13.8 Å². The predicted octanol–water partition coefficient (Wildman–Crippen LogP) is 7.24. The summed E-state index contributed by atoms with van der Waals surface area (Å²) in [7, 11) is 0. The zero-order valence-electron chi connectivity index (χ0n) is 22.3. The topological polar surface area (TPSA) is 45.2 Å². The first kappa shape index (κ1) is 28.3. The molecule has 2 fully saturated rings. The molecule has 2 amide bonds. The van der Waals surface area contributed by atoms with Crippen LogP contribution in [0.5, 0.6) is 11.5 Å². The Bertz CT molecular complexity index is 1310. The lowest BCUT2D eigenvalue weighted by atomic mass is 10.0. The van der Waals surface area contributed by atoms with Gasteiger partial charge >= 0.3 is 12.2 Å². The molecule has 0 aromatic heterocycles. The van der Waals surface area contributed by atoms with Gasteiger partial charge in [-0.3, -0.25) is 9.80 Å². The molecule has 40 heavy (non-hydrogen) atoms. The molecule has 0 aliphatic carbocycles. The number of carbonyl (C=O) groups is 1. The number of hydrogen-bond donors (Lipinski definition) is 0. The highest BCUT2D eigenvalue weighted by molar-refractivity contribution is 6.30. The molecular formula is C30H31ClF3N3O3. The fourth-order valence-electron chi connectivity index (χ4n) is 5.35. The van der Waals surface area contributed by atoms with Crippen LogP contribution in [0.2, 0.25) is 5.02 Å². The second-order valence-electron chi connectivity index (χ2n) is 10.3. The van der Waals surface area contributed by atoms with Crippen LogP contribution < -0.4 is 9.64 Å². The molecule has 2 heterocycles. The lowest BCUT2D eigenvalue weighted by Crippen LogP contribution is -2.48. The van der Waals surface area contributed by atoms with E-state index >= 15 is 0 Å². The average molecular weight is 574 g/mol. The molecule has 10 heteroatoms. The first-order valence-corrected chi connectivity index (χ1v) is 13.6. The monoisotopic (exact) mass is 573 g/mol. The van der Waals surface area contributed by atoms with Crippen molar-refractivity contribution in [3.05, 3.63) is 88.9 Å². The van der Waals surface area contributed by atoms with Gasteiger partial charge in [-0.25, -0.2) is 4.79 Å². The first-order valence-electron chi connectivity index (χ1n) is 13.2. The van der Waals surface area contributed by atoms with Crippen LogP contribution in [0.15, 0.2) is 72.8 Å². The molecule has 0 radical (unpaired) electrons. The van der Waals surface area contributed by atoms with E-state index in [-0.39, 0.29) is 24.8 Å². The van der Waals surface area contributed by atoms with E-state index in [9.17, 15) is 18.0 Å². The summed E-state index contributed by atoms with van der Waals surface area (Å²) in [6, 6.07) is 18.3. The van der Waals surface area contributed by atoms with Crippen LogP contribution in [0.25, 0.3) is 0 Å². The predicted molar refractivity (Wildman–Crippen MR) is 148 cm³/mol. The molecule has 3 unspecified atom stereocenters. The Balaban J connectivity index is 1.38. The molecule has 3 aromatic rings. The molecule has 3 aromatic carbocycles. The number of nitrogens with zero attached hydrogens (tertiary/aromatic N) is 3. The van der Waals surface area contributed by atoms with Crippen LogP contribution in [0.1, 0.15) is 31.0 Å². The Morgan fingerprint density at radius 3 is 2.15 bits per heavy atom. The van der Waals surface area contributed by atoms with Crippen molar-refractivity contribution in [1.82, 2.24) is 9.80 Å². The third-order valence-electron chi connectivity index (χ3n) is 7.13. The molecule has 2 aliphatic rings. The number of anilines is 1. The molecule has 0 saturated carbocycles. The number of rotatable bonds is 7. The highest BCUT2D eigenvalue weighted by Gasteiger charge is 2.40. The van der Waals surface area contributed by atoms with Crippen molar-refractivity contribution in [2.45, 2.75) is 38.3 Å². The Labute approximate surface area is 236 Å². The van der Waals surface area contributed by atoms with E-state index in [1.165, 1.54) is 6.07 Å². The van der Waals surface area contributed by atoms with Gasteiger partial charge in [0.05, 0.1) is 23.8 Å². The fraction of sp³-hybridized carbons (Fsp3) is 0.367. The van der Waals surface area contributed by atoms with Crippen LogP contribution in [-0.4, -0.2) is 60.8 Å². The summed E-state index contributed by atoms with van der Waals surface area (Å²) in [6.07, 6.45) is -4.28. The van der Waals surface area contributed by atoms with Crippen molar-refractivity contribution in [3.8, 4) is 11.5 Å². The van der Waals surface area contributed by atoms with Gasteiger partial charge in [0.25, 0.3) is 0 Å². The largest absolute Gasteiger partial charge is 0.457 e. The molecule has 5 rings (SSSR count). The van der Waals surface area contributed by atoms with Gasteiger partial charge < -0.3 is 14.4 Å². The average Bonchev–Trinajstić information content (AvgIpc) is 3.24. The van der Waals surface area contributed by atoms with Gasteiger partial charge in [0, 0.05) is 43.4 Å². The maximum Gasteiger partial charge on any atom is 0.416 e. The Kier molecular flexibility index (Phi) is 8.26. The van der Waals surface area contributed by atoms with Crippen molar-refractivity contribution < 1.29 is 27.4 Å². The van der Waals surface area contributed by atoms with Crippen LogP contribution in [-0.2, 0) is 10.9 Å². The lowest BCUT2D eigenvalue weighted by Gasteiger charge is -2.36. The smallest absolute Gasteiger partial charge is 0.416 e. The molecule has 6 nitrogen and oxygen atoms in total. The normalized spacial score (nSPS) is 22.1. The number of benzene rings is 3. The highest BCUT2D eigenvalue weighted by atomic mass is 35.5. The summed E-state index contributed by atoms with van der Waals surface area (Å²) < 4.78 is 52.3. The minimum absolute atomic E-state index is 0.0981. The maximum atomic E-state index is 13.7. The van der Waals surface area contributed by atoms with Crippen molar-refractivity contribution in [1.29, 1.82) is 0 Å². The summed E-state index contributed by atoms with van der Waals surface area (Å²) >= 11 is 5.94. The van der Waals surface area contributed by atoms with Crippen LogP contribution >= 0.6 is 11.6 Å². The maximum absolute atomic E-state index is 13.7. The van der Waals surface area contributed by atoms with Crippen molar-refractivity contribution >= 4 is 23.3 Å². The summed E-state index contributed by atoms with van der Waals surface area (Å²) in [4.78, 5) is 19.3. The van der Waals surface area contributed by atoms with Crippen LogP contribution in [0, 0.1) is 0 Å². The number of halogens is 4. The van der Waals surface area contributed by atoms with Gasteiger partial charge in [0.2, 0.25) is 0 Å². The Morgan fingerprint density at radius 1 is 0.900 bits per heavy atom. The minimum Gasteiger partial charge on any atom is -0.457 e. The van der Waals surface area contributed by atoms with Crippen molar-refractivity contribution in [2.75, 3.05) is 37.6 Å². The summed E-state index contributed by atoms with van der Waals surface area (Å²) in [5, 5.41) is 0.595. The molecule has 0 N–H and O–H groups in total. The number of hydrogen-bond acceptors (Lipinski definition) is 4. The second kappa shape index (κ2) is 11.7. The molecule has 0 spiro atoms. The number of amides is 2. The van der Waals surface area contributed by atoms with Crippen LogP contribution in [0.4, 0.5) is 23.7 Å². The highest BCUT2D eigenvalue weighted by Crippen LogP contribution is 2.38. The first-order chi connectivity index (χ1) is 19.1. The van der Waals surface area contributed by atoms with E-state index in [2.05, 4.69) is 4.90 Å². The molecular weight excluding hydrogens is 543 g/mol. The number of carbonyl (C=O) groups excluding carboxylic acids is 1. The molecule has 212 valence electrons. The Hall–Kier alpha value is -3.27. The van der Waals surface area contributed by atoms with Gasteiger partial charge in [0.15, 0.2) is 0 Å². The van der Waals surface area contributed by atoms with Gasteiger partial charge in [-0.15, -0.1) is 0 Å². The molecule has 2 aliphatic heterocycles. The van der Waals surface area contributed by atoms with E-state index in [0.717, 1.165) is 25.2 Å². The quantitative estimate of drug-likeness (QED) is 0.299. The van der Waals surface area contributed by atoms with Gasteiger partial charge in [-0.2, -0.15) is 13.2 Å².